The molecule has 0 fully saturated rings. The van der Waals surface area contributed by atoms with Gasteiger partial charge in [-0.1, -0.05) is 6.07 Å². The Morgan fingerprint density at radius 3 is 2.77 bits per heavy atom. The maximum absolute atomic E-state index is 12.2. The number of fused-ring (bicyclic) bond motifs is 1. The highest BCUT2D eigenvalue weighted by Crippen LogP contribution is 2.33. The van der Waals surface area contributed by atoms with Crippen molar-refractivity contribution in [2.24, 2.45) is 0 Å². The maximum Gasteiger partial charge on any atom is 0.337 e. The minimum Gasteiger partial charge on any atom is -0.479 e. The molecule has 0 spiro atoms. The molecule has 1 aromatic carbocycles. The lowest BCUT2D eigenvalue weighted by Gasteiger charge is -2.25. The van der Waals surface area contributed by atoms with Gasteiger partial charge in [-0.05, 0) is 26.0 Å². The fourth-order valence-electron chi connectivity index (χ4n) is 1.83. The molecule has 1 aliphatic heterocycles. The third-order valence-electron chi connectivity index (χ3n) is 3.24. The van der Waals surface area contributed by atoms with Gasteiger partial charge in [-0.3, -0.25) is 9.59 Å². The zero-order valence-corrected chi connectivity index (χ0v) is 12.0. The number of carbonyl (C=O) groups is 3. The van der Waals surface area contributed by atoms with E-state index in [1.165, 1.54) is 6.07 Å². The van der Waals surface area contributed by atoms with Crippen molar-refractivity contribution in [3.05, 3.63) is 23.8 Å². The second-order valence-electron chi connectivity index (χ2n) is 5.19. The molecule has 1 aromatic rings. The van der Waals surface area contributed by atoms with Crippen LogP contribution in [0.3, 0.4) is 0 Å². The molecule has 1 aliphatic rings. The van der Waals surface area contributed by atoms with E-state index >= 15 is 0 Å². The van der Waals surface area contributed by atoms with E-state index in [1.807, 2.05) is 0 Å². The van der Waals surface area contributed by atoms with Crippen molar-refractivity contribution in [1.82, 2.24) is 5.32 Å². The first-order valence-electron chi connectivity index (χ1n) is 6.57. The number of amides is 2. The molecule has 2 unspecified atom stereocenters. The summed E-state index contributed by atoms with van der Waals surface area (Å²) >= 11 is 0. The maximum atomic E-state index is 12.2. The molecule has 0 saturated heterocycles. The van der Waals surface area contributed by atoms with Crippen molar-refractivity contribution in [3.63, 3.8) is 0 Å². The molecule has 118 valence electrons. The number of aliphatic carboxylic acids is 1. The Morgan fingerprint density at radius 1 is 1.45 bits per heavy atom. The monoisotopic (exact) mass is 308 g/mol. The van der Waals surface area contributed by atoms with Crippen LogP contribution in [0.4, 0.5) is 5.69 Å². The number of aliphatic hydroxyl groups is 1. The summed E-state index contributed by atoms with van der Waals surface area (Å²) in [5.74, 6) is -2.16. The summed E-state index contributed by atoms with van der Waals surface area (Å²) in [4.78, 5) is 34.5. The van der Waals surface area contributed by atoms with Gasteiger partial charge >= 0.3 is 5.97 Å². The van der Waals surface area contributed by atoms with Gasteiger partial charge in [0.15, 0.2) is 17.5 Å². The molecule has 8 heteroatoms. The molecule has 0 aliphatic carbocycles. The van der Waals surface area contributed by atoms with Crippen LogP contribution in [-0.4, -0.2) is 46.2 Å². The highest BCUT2D eigenvalue weighted by Gasteiger charge is 2.32. The average Bonchev–Trinajstić information content (AvgIpc) is 2.45. The van der Waals surface area contributed by atoms with E-state index < -0.39 is 30.1 Å². The predicted molar refractivity (Wildman–Crippen MR) is 75.8 cm³/mol. The number of carboxylic acid groups (broad SMARTS) is 1. The van der Waals surface area contributed by atoms with Gasteiger partial charge in [-0.15, -0.1) is 0 Å². The number of nitrogens with one attached hydrogen (secondary N) is 2. The lowest BCUT2D eigenvalue weighted by atomic mass is 10.1. The number of ether oxygens (including phenoxy) is 1. The highest BCUT2D eigenvalue weighted by molar-refractivity contribution is 6.04. The summed E-state index contributed by atoms with van der Waals surface area (Å²) in [6.07, 6.45) is -0.747. The molecule has 0 bridgehead atoms. The van der Waals surface area contributed by atoms with Crippen molar-refractivity contribution in [3.8, 4) is 5.75 Å². The summed E-state index contributed by atoms with van der Waals surface area (Å²) in [6, 6.07) is 4.62. The normalized spacial score (nSPS) is 19.2. The van der Waals surface area contributed by atoms with E-state index in [-0.39, 0.29) is 17.2 Å². The van der Waals surface area contributed by atoms with Gasteiger partial charge in [0.25, 0.3) is 11.8 Å². The van der Waals surface area contributed by atoms with E-state index in [0.29, 0.717) is 5.69 Å². The first-order valence-corrected chi connectivity index (χ1v) is 6.57. The first-order chi connectivity index (χ1) is 10.2. The van der Waals surface area contributed by atoms with Crippen molar-refractivity contribution >= 4 is 23.5 Å². The predicted octanol–water partition coefficient (Wildman–Crippen LogP) is -0.0286. The van der Waals surface area contributed by atoms with Gasteiger partial charge < -0.3 is 25.6 Å². The number of carboxylic acids is 1. The highest BCUT2D eigenvalue weighted by atomic mass is 16.5. The lowest BCUT2D eigenvalue weighted by molar-refractivity contribution is -0.155. The minimum atomic E-state index is -2.08. The molecular weight excluding hydrogens is 292 g/mol. The Labute approximate surface area is 126 Å². The Hall–Kier alpha value is -2.61. The third kappa shape index (κ3) is 3.01. The molecule has 0 radical (unpaired) electrons. The van der Waals surface area contributed by atoms with Crippen LogP contribution in [0.1, 0.15) is 24.2 Å². The summed E-state index contributed by atoms with van der Waals surface area (Å²) in [7, 11) is 0. The number of hydrogen-bond donors (Lipinski definition) is 4. The zero-order chi connectivity index (χ0) is 16.5. The molecule has 2 rings (SSSR count). The molecule has 2 atom stereocenters. The van der Waals surface area contributed by atoms with Crippen LogP contribution in [-0.2, 0) is 9.59 Å². The van der Waals surface area contributed by atoms with Gasteiger partial charge in [0.1, 0.15) is 0 Å². The third-order valence-corrected chi connectivity index (χ3v) is 3.24. The number of hydrogen-bond acceptors (Lipinski definition) is 5. The van der Waals surface area contributed by atoms with Crippen molar-refractivity contribution in [2.45, 2.75) is 25.6 Å². The topological polar surface area (TPSA) is 125 Å². The number of anilines is 1. The van der Waals surface area contributed by atoms with Crippen LogP contribution >= 0.6 is 0 Å². The van der Waals surface area contributed by atoms with E-state index in [2.05, 4.69) is 10.6 Å². The number of carbonyl (C=O) groups excluding carboxylic acids is 2. The molecular formula is C14H16N2O6. The van der Waals surface area contributed by atoms with E-state index in [4.69, 9.17) is 9.84 Å². The molecule has 0 saturated carbocycles. The molecule has 4 N–H and O–H groups in total. The molecule has 0 aromatic heterocycles. The molecule has 1 heterocycles. The summed E-state index contributed by atoms with van der Waals surface area (Å²) in [6.45, 7) is 2.16. The molecule has 2 amide bonds. The largest absolute Gasteiger partial charge is 0.479 e. The molecule has 22 heavy (non-hydrogen) atoms. The van der Waals surface area contributed by atoms with E-state index in [9.17, 15) is 19.5 Å². The van der Waals surface area contributed by atoms with Gasteiger partial charge in [0.05, 0.1) is 17.8 Å². The Bertz CT molecular complexity index is 640. The van der Waals surface area contributed by atoms with Crippen LogP contribution in [0.5, 0.6) is 5.75 Å². The van der Waals surface area contributed by atoms with Crippen LogP contribution in [0.15, 0.2) is 18.2 Å². The standard InChI is InChI=1S/C14H16N2O6/c1-7-11(17)16-9-5-3-4-8(10(9)22-7)12(18)15-6-14(2,21)13(19)20/h3-5,7,21H,6H2,1-2H3,(H,15,18)(H,16,17)(H,19,20). The minimum absolute atomic E-state index is 0.144. The first kappa shape index (κ1) is 15.8. The Kier molecular flexibility index (Phi) is 4.05. The second-order valence-corrected chi connectivity index (χ2v) is 5.19. The smallest absolute Gasteiger partial charge is 0.337 e. The summed E-state index contributed by atoms with van der Waals surface area (Å²) in [5, 5.41) is 23.3. The van der Waals surface area contributed by atoms with Crippen LogP contribution < -0.4 is 15.4 Å². The Balaban J connectivity index is 2.20. The van der Waals surface area contributed by atoms with Crippen molar-refractivity contribution < 1.29 is 29.3 Å². The SMILES string of the molecule is CC1Oc2c(cccc2C(=O)NCC(C)(O)C(=O)O)NC1=O. The van der Waals surface area contributed by atoms with Gasteiger partial charge in [0, 0.05) is 0 Å². The Morgan fingerprint density at radius 2 is 2.14 bits per heavy atom. The van der Waals surface area contributed by atoms with Crippen LogP contribution in [0, 0.1) is 0 Å². The number of para-hydroxylation sites is 1. The zero-order valence-electron chi connectivity index (χ0n) is 12.0. The fourth-order valence-corrected chi connectivity index (χ4v) is 1.83. The number of benzene rings is 1. The van der Waals surface area contributed by atoms with Crippen molar-refractivity contribution in [1.29, 1.82) is 0 Å². The van der Waals surface area contributed by atoms with Crippen molar-refractivity contribution in [2.75, 3.05) is 11.9 Å². The molecule has 8 nitrogen and oxygen atoms in total. The summed E-state index contributed by atoms with van der Waals surface area (Å²) < 4.78 is 5.42. The van der Waals surface area contributed by atoms with Gasteiger partial charge in [-0.25, -0.2) is 4.79 Å². The van der Waals surface area contributed by atoms with Crippen LogP contribution in [0.25, 0.3) is 0 Å². The quantitative estimate of drug-likeness (QED) is 0.619. The fraction of sp³-hybridized carbons (Fsp3) is 0.357. The van der Waals surface area contributed by atoms with E-state index in [1.54, 1.807) is 19.1 Å². The van der Waals surface area contributed by atoms with Crippen LogP contribution in [0.2, 0.25) is 0 Å². The van der Waals surface area contributed by atoms with Gasteiger partial charge in [0.2, 0.25) is 0 Å². The average molecular weight is 308 g/mol. The number of rotatable bonds is 4. The van der Waals surface area contributed by atoms with E-state index in [0.717, 1.165) is 6.92 Å². The summed E-state index contributed by atoms with van der Waals surface area (Å²) in [5.41, 5.74) is -1.57. The lowest BCUT2D eigenvalue weighted by Crippen LogP contribution is -2.46. The second kappa shape index (κ2) is 5.64. The van der Waals surface area contributed by atoms with Gasteiger partial charge in [-0.2, -0.15) is 0 Å².